The summed E-state index contributed by atoms with van der Waals surface area (Å²) in [7, 11) is -2.17. The van der Waals surface area contributed by atoms with Crippen LogP contribution in [0.1, 0.15) is 61.3 Å². The fourth-order valence-corrected chi connectivity index (χ4v) is 4.32. The summed E-state index contributed by atoms with van der Waals surface area (Å²) in [5, 5.41) is 10.0. The zero-order valence-electron chi connectivity index (χ0n) is 17.2. The monoisotopic (exact) mass is 373 g/mol. The van der Waals surface area contributed by atoms with Crippen LogP contribution in [0, 0.1) is 0 Å². The molecule has 0 bridgehead atoms. The van der Waals surface area contributed by atoms with Crippen molar-refractivity contribution in [3.05, 3.63) is 0 Å². The van der Waals surface area contributed by atoms with Gasteiger partial charge in [-0.3, -0.25) is 4.90 Å². The average molecular weight is 374 g/mol. The van der Waals surface area contributed by atoms with Gasteiger partial charge in [0.15, 0.2) is 13.9 Å². The number of nitrogens with zero attached hydrogens (tertiary/aromatic N) is 1. The molecule has 1 amide bonds. The van der Waals surface area contributed by atoms with Crippen LogP contribution in [0.4, 0.5) is 4.79 Å². The molecular weight excluding hydrogens is 338 g/mol. The molecule has 1 saturated heterocycles. The summed E-state index contributed by atoms with van der Waals surface area (Å²) >= 11 is 0. The van der Waals surface area contributed by atoms with E-state index in [1.165, 1.54) is 4.90 Å². The van der Waals surface area contributed by atoms with Crippen molar-refractivity contribution in [2.45, 2.75) is 96.7 Å². The van der Waals surface area contributed by atoms with Crippen LogP contribution < -0.4 is 0 Å². The Hall–Kier alpha value is -1.08. The highest BCUT2D eigenvalue weighted by Gasteiger charge is 2.59. The topological polar surface area (TPSA) is 76.1 Å². The Morgan fingerprint density at radius 3 is 2.08 bits per heavy atom. The van der Waals surface area contributed by atoms with E-state index in [9.17, 15) is 14.7 Å². The lowest BCUT2D eigenvalue weighted by atomic mass is 9.90. The third-order valence-electron chi connectivity index (χ3n) is 5.40. The van der Waals surface area contributed by atoms with E-state index in [0.29, 0.717) is 13.0 Å². The van der Waals surface area contributed by atoms with Gasteiger partial charge in [-0.2, -0.15) is 0 Å². The second-order valence-corrected chi connectivity index (χ2v) is 14.1. The van der Waals surface area contributed by atoms with Gasteiger partial charge in [0.05, 0.1) is 6.10 Å². The fourth-order valence-electron chi connectivity index (χ4n) is 2.94. The summed E-state index contributed by atoms with van der Waals surface area (Å²) in [6, 6.07) is 0. The van der Waals surface area contributed by atoms with Gasteiger partial charge in [-0.15, -0.1) is 0 Å². The van der Waals surface area contributed by atoms with Crippen molar-refractivity contribution in [2.24, 2.45) is 0 Å². The number of aliphatic carboxylic acids is 1. The fraction of sp³-hybridized carbons (Fsp3) is 0.889. The first-order valence-electron chi connectivity index (χ1n) is 9.00. The average Bonchev–Trinajstić information content (AvgIpc) is 2.74. The van der Waals surface area contributed by atoms with Gasteiger partial charge in [-0.05, 0) is 51.7 Å². The summed E-state index contributed by atoms with van der Waals surface area (Å²) in [6.07, 6.45) is -0.325. The summed E-state index contributed by atoms with van der Waals surface area (Å²) in [4.78, 5) is 26.3. The van der Waals surface area contributed by atoms with E-state index in [1.54, 1.807) is 27.7 Å². The summed E-state index contributed by atoms with van der Waals surface area (Å²) in [6.45, 7) is 18.0. The highest BCUT2D eigenvalue weighted by Crippen LogP contribution is 2.43. The van der Waals surface area contributed by atoms with Gasteiger partial charge in [0, 0.05) is 6.54 Å². The van der Waals surface area contributed by atoms with E-state index < -0.39 is 37.6 Å². The van der Waals surface area contributed by atoms with Gasteiger partial charge in [0.25, 0.3) is 0 Å². The number of hydrogen-bond donors (Lipinski definition) is 1. The SMILES string of the molecule is CC[C@@]1(C(=O)O)[C@H](O[Si](C)(C)C(C)(C)C)CCN1C(=O)OC(C)(C)C. The Morgan fingerprint density at radius 1 is 1.20 bits per heavy atom. The van der Waals surface area contributed by atoms with Crippen LogP contribution in [0.3, 0.4) is 0 Å². The normalized spacial score (nSPS) is 25.2. The Morgan fingerprint density at radius 2 is 1.72 bits per heavy atom. The van der Waals surface area contributed by atoms with Crippen molar-refractivity contribution in [3.8, 4) is 0 Å². The quantitative estimate of drug-likeness (QED) is 0.746. The molecule has 1 rings (SSSR count). The van der Waals surface area contributed by atoms with Crippen LogP contribution in [-0.4, -0.2) is 54.2 Å². The molecule has 1 heterocycles. The first-order chi connectivity index (χ1) is 11.1. The van der Waals surface area contributed by atoms with Gasteiger partial charge in [-0.1, -0.05) is 27.7 Å². The van der Waals surface area contributed by atoms with Crippen LogP contribution in [0.25, 0.3) is 0 Å². The van der Waals surface area contributed by atoms with E-state index in [0.717, 1.165) is 0 Å². The van der Waals surface area contributed by atoms with Crippen LogP contribution >= 0.6 is 0 Å². The highest BCUT2D eigenvalue weighted by atomic mass is 28.4. The lowest BCUT2D eigenvalue weighted by Gasteiger charge is -2.44. The number of carboxylic acid groups (broad SMARTS) is 1. The molecule has 0 radical (unpaired) electrons. The number of carbonyl (C=O) groups excluding carboxylic acids is 1. The maximum absolute atomic E-state index is 12.6. The Labute approximate surface area is 153 Å². The van der Waals surface area contributed by atoms with Crippen LogP contribution in [0.15, 0.2) is 0 Å². The van der Waals surface area contributed by atoms with Crippen molar-refractivity contribution in [1.29, 1.82) is 0 Å². The predicted octanol–water partition coefficient (Wildman–Crippen LogP) is 4.25. The molecule has 1 aliphatic rings. The molecule has 1 N–H and O–H groups in total. The first-order valence-corrected chi connectivity index (χ1v) is 11.9. The molecule has 1 aliphatic heterocycles. The van der Waals surface area contributed by atoms with Gasteiger partial charge in [-0.25, -0.2) is 9.59 Å². The van der Waals surface area contributed by atoms with E-state index >= 15 is 0 Å². The number of hydrogen-bond acceptors (Lipinski definition) is 4. The molecule has 6 nitrogen and oxygen atoms in total. The third-order valence-corrected chi connectivity index (χ3v) is 9.88. The summed E-state index contributed by atoms with van der Waals surface area (Å²) < 4.78 is 11.9. The Balaban J connectivity index is 3.21. The van der Waals surface area contributed by atoms with E-state index in [4.69, 9.17) is 9.16 Å². The lowest BCUT2D eigenvalue weighted by Crippen LogP contribution is -2.61. The van der Waals surface area contributed by atoms with Crippen LogP contribution in [0.5, 0.6) is 0 Å². The number of carboxylic acids is 1. The van der Waals surface area contributed by atoms with Crippen LogP contribution in [0.2, 0.25) is 18.1 Å². The number of ether oxygens (including phenoxy) is 1. The second kappa shape index (κ2) is 6.91. The van der Waals surface area contributed by atoms with E-state index in [2.05, 4.69) is 33.9 Å². The molecule has 7 heteroatoms. The molecular formula is C18H35NO5Si. The van der Waals surface area contributed by atoms with Gasteiger partial charge in [0.1, 0.15) is 5.60 Å². The molecule has 0 saturated carbocycles. The third kappa shape index (κ3) is 4.37. The zero-order chi connectivity index (χ0) is 19.8. The van der Waals surface area contributed by atoms with Crippen LogP contribution in [-0.2, 0) is 14.0 Å². The number of carbonyl (C=O) groups is 2. The molecule has 25 heavy (non-hydrogen) atoms. The maximum Gasteiger partial charge on any atom is 0.411 e. The zero-order valence-corrected chi connectivity index (χ0v) is 18.2. The molecule has 1 fully saturated rings. The number of amides is 1. The van der Waals surface area contributed by atoms with E-state index in [1.807, 2.05) is 0 Å². The van der Waals surface area contributed by atoms with Crippen molar-refractivity contribution >= 4 is 20.4 Å². The van der Waals surface area contributed by atoms with Gasteiger partial charge < -0.3 is 14.3 Å². The second-order valence-electron chi connectivity index (χ2n) is 9.37. The molecule has 0 unspecified atom stereocenters. The Kier molecular flexibility index (Phi) is 6.07. The maximum atomic E-state index is 12.6. The standard InChI is InChI=1S/C18H35NO5Si/c1-10-18(14(20)21)13(24-25(8,9)17(5,6)7)11-12-19(18)15(22)23-16(2,3)4/h13H,10-12H2,1-9H3,(H,20,21)/t13-,18+/m1/s1. The minimum atomic E-state index is -2.17. The van der Waals surface area contributed by atoms with Gasteiger partial charge >= 0.3 is 12.1 Å². The molecule has 0 aromatic heterocycles. The van der Waals surface area contributed by atoms with Crippen molar-refractivity contribution < 1.29 is 23.9 Å². The highest BCUT2D eigenvalue weighted by molar-refractivity contribution is 6.74. The molecule has 0 spiro atoms. The van der Waals surface area contributed by atoms with Crippen molar-refractivity contribution in [2.75, 3.05) is 6.54 Å². The molecule has 0 aromatic carbocycles. The first kappa shape index (κ1) is 22.0. The van der Waals surface area contributed by atoms with Crippen molar-refractivity contribution in [3.63, 3.8) is 0 Å². The van der Waals surface area contributed by atoms with E-state index in [-0.39, 0.29) is 11.5 Å². The molecule has 0 aromatic rings. The van der Waals surface area contributed by atoms with Gasteiger partial charge in [0.2, 0.25) is 0 Å². The molecule has 146 valence electrons. The number of likely N-dealkylation sites (tertiary alicyclic amines) is 1. The summed E-state index contributed by atoms with van der Waals surface area (Å²) in [5.74, 6) is -1.03. The minimum Gasteiger partial charge on any atom is -0.479 e. The van der Waals surface area contributed by atoms with Crippen molar-refractivity contribution in [1.82, 2.24) is 4.90 Å². The molecule has 2 atom stereocenters. The predicted molar refractivity (Wildman–Crippen MR) is 100 cm³/mol. The smallest absolute Gasteiger partial charge is 0.411 e. The lowest BCUT2D eigenvalue weighted by molar-refractivity contribution is -0.154. The largest absolute Gasteiger partial charge is 0.479 e. The Bertz CT molecular complexity index is 521. The minimum absolute atomic E-state index is 0.0374. The summed E-state index contributed by atoms with van der Waals surface area (Å²) in [5.41, 5.74) is -2.05. The molecule has 0 aliphatic carbocycles. The number of rotatable bonds is 4.